The summed E-state index contributed by atoms with van der Waals surface area (Å²) in [5, 5.41) is 11.5. The van der Waals surface area contributed by atoms with E-state index in [2.05, 4.69) is 5.32 Å². The van der Waals surface area contributed by atoms with Gasteiger partial charge in [0.2, 0.25) is 0 Å². The number of carbonyl (C=O) groups is 2. The van der Waals surface area contributed by atoms with Crippen molar-refractivity contribution in [2.75, 3.05) is 13.2 Å². The first kappa shape index (κ1) is 17.2. The maximum atomic E-state index is 11.8. The molecule has 0 heterocycles. The second-order valence-corrected chi connectivity index (χ2v) is 5.30. The van der Waals surface area contributed by atoms with Crippen LogP contribution < -0.4 is 5.32 Å². The van der Waals surface area contributed by atoms with Crippen LogP contribution in [0.2, 0.25) is 0 Å². The van der Waals surface area contributed by atoms with E-state index in [1.165, 1.54) is 17.2 Å². The fourth-order valence-corrected chi connectivity index (χ4v) is 2.21. The van der Waals surface area contributed by atoms with Crippen molar-refractivity contribution in [3.63, 3.8) is 0 Å². The second-order valence-electron chi connectivity index (χ2n) is 5.30. The van der Waals surface area contributed by atoms with Gasteiger partial charge >= 0.3 is 5.97 Å². The number of nitrogens with one attached hydrogen (secondary N) is 1. The summed E-state index contributed by atoms with van der Waals surface area (Å²) in [6, 6.07) is 16.1. The van der Waals surface area contributed by atoms with E-state index in [1.807, 2.05) is 37.3 Å². The largest absolute Gasteiger partial charge is 0.452 e. The van der Waals surface area contributed by atoms with Gasteiger partial charge in [-0.1, -0.05) is 30.3 Å². The van der Waals surface area contributed by atoms with Gasteiger partial charge in [-0.3, -0.25) is 4.79 Å². The molecule has 2 aromatic rings. The van der Waals surface area contributed by atoms with Gasteiger partial charge in [-0.15, -0.1) is 0 Å². The van der Waals surface area contributed by atoms with E-state index in [9.17, 15) is 9.59 Å². The predicted octanol–water partition coefficient (Wildman–Crippen LogP) is 2.38. The molecule has 0 atom stereocenters. The Balaban J connectivity index is 1.76. The number of hydrogen-bond donors (Lipinski definition) is 1. The molecule has 0 bridgehead atoms. The molecule has 0 saturated heterocycles. The van der Waals surface area contributed by atoms with E-state index in [0.29, 0.717) is 12.1 Å². The third-order valence-corrected chi connectivity index (χ3v) is 3.54. The molecule has 1 amide bonds. The SMILES string of the molecule is Cc1ccccc1CCNC(=O)COC(=O)c1cccc(C#N)c1. The Hall–Kier alpha value is -3.13. The summed E-state index contributed by atoms with van der Waals surface area (Å²) in [4.78, 5) is 23.6. The van der Waals surface area contributed by atoms with Crippen LogP contribution in [0.15, 0.2) is 48.5 Å². The minimum atomic E-state index is -0.624. The lowest BCUT2D eigenvalue weighted by molar-refractivity contribution is -0.124. The maximum absolute atomic E-state index is 11.8. The number of esters is 1. The standard InChI is InChI=1S/C19H18N2O3/c1-14-5-2-3-7-16(14)9-10-21-18(22)13-24-19(23)17-8-4-6-15(11-17)12-20/h2-8,11H,9-10,13H2,1H3,(H,21,22). The van der Waals surface area contributed by atoms with Crippen LogP contribution in [0.1, 0.15) is 27.0 Å². The Kier molecular flexibility index (Phi) is 6.09. The normalized spacial score (nSPS) is 9.83. The molecule has 2 rings (SSSR count). The maximum Gasteiger partial charge on any atom is 0.338 e. The highest BCUT2D eigenvalue weighted by Gasteiger charge is 2.10. The van der Waals surface area contributed by atoms with Crippen LogP contribution in [0.4, 0.5) is 0 Å². The first-order valence-corrected chi connectivity index (χ1v) is 7.58. The van der Waals surface area contributed by atoms with Crippen molar-refractivity contribution in [2.45, 2.75) is 13.3 Å². The first-order chi connectivity index (χ1) is 11.6. The van der Waals surface area contributed by atoms with Crippen LogP contribution in [0, 0.1) is 18.3 Å². The fourth-order valence-electron chi connectivity index (χ4n) is 2.21. The molecule has 1 N–H and O–H groups in total. The highest BCUT2D eigenvalue weighted by atomic mass is 16.5. The summed E-state index contributed by atoms with van der Waals surface area (Å²) in [6.45, 7) is 2.16. The molecule has 0 fully saturated rings. The Labute approximate surface area is 140 Å². The van der Waals surface area contributed by atoms with Crippen molar-refractivity contribution < 1.29 is 14.3 Å². The van der Waals surface area contributed by atoms with Gasteiger partial charge in [-0.2, -0.15) is 5.26 Å². The van der Waals surface area contributed by atoms with E-state index in [-0.39, 0.29) is 18.1 Å². The average molecular weight is 322 g/mol. The number of nitriles is 1. The number of ether oxygens (including phenoxy) is 1. The lowest BCUT2D eigenvalue weighted by Gasteiger charge is -2.08. The number of benzene rings is 2. The molecule has 0 aromatic heterocycles. The zero-order valence-electron chi connectivity index (χ0n) is 13.4. The van der Waals surface area contributed by atoms with Gasteiger partial charge in [0.25, 0.3) is 5.91 Å². The quantitative estimate of drug-likeness (QED) is 0.828. The number of aryl methyl sites for hydroxylation is 1. The Morgan fingerprint density at radius 1 is 1.17 bits per heavy atom. The minimum Gasteiger partial charge on any atom is -0.452 e. The second kappa shape index (κ2) is 8.49. The third-order valence-electron chi connectivity index (χ3n) is 3.54. The molecule has 0 radical (unpaired) electrons. The summed E-state index contributed by atoms with van der Waals surface area (Å²) in [5.41, 5.74) is 2.97. The zero-order valence-corrected chi connectivity index (χ0v) is 13.4. The topological polar surface area (TPSA) is 79.2 Å². The molecular formula is C19H18N2O3. The van der Waals surface area contributed by atoms with Crippen molar-refractivity contribution >= 4 is 11.9 Å². The van der Waals surface area contributed by atoms with Gasteiger partial charge in [0.1, 0.15) is 0 Å². The number of carbonyl (C=O) groups excluding carboxylic acids is 2. The van der Waals surface area contributed by atoms with Gasteiger partial charge in [0.15, 0.2) is 6.61 Å². The summed E-state index contributed by atoms with van der Waals surface area (Å²) < 4.78 is 4.96. The summed E-state index contributed by atoms with van der Waals surface area (Å²) >= 11 is 0. The summed E-state index contributed by atoms with van der Waals surface area (Å²) in [5.74, 6) is -0.977. The highest BCUT2D eigenvalue weighted by molar-refractivity contribution is 5.91. The van der Waals surface area contributed by atoms with E-state index >= 15 is 0 Å². The molecular weight excluding hydrogens is 304 g/mol. The first-order valence-electron chi connectivity index (χ1n) is 7.58. The van der Waals surface area contributed by atoms with Gasteiger partial charge in [0, 0.05) is 6.54 Å². The summed E-state index contributed by atoms with van der Waals surface area (Å²) in [7, 11) is 0. The molecule has 0 aliphatic heterocycles. The van der Waals surface area contributed by atoms with Crippen LogP contribution in [-0.2, 0) is 16.0 Å². The van der Waals surface area contributed by atoms with Crippen molar-refractivity contribution in [2.24, 2.45) is 0 Å². The lowest BCUT2D eigenvalue weighted by atomic mass is 10.1. The fraction of sp³-hybridized carbons (Fsp3) is 0.211. The average Bonchev–Trinajstić information content (AvgIpc) is 2.61. The Bertz CT molecular complexity index is 778. The number of rotatable bonds is 6. The van der Waals surface area contributed by atoms with E-state index in [4.69, 9.17) is 10.00 Å². The minimum absolute atomic E-state index is 0.252. The molecule has 0 spiro atoms. The van der Waals surface area contributed by atoms with Gasteiger partial charge < -0.3 is 10.1 Å². The molecule has 0 aliphatic rings. The third kappa shape index (κ3) is 4.96. The Morgan fingerprint density at radius 2 is 1.96 bits per heavy atom. The van der Waals surface area contributed by atoms with Gasteiger partial charge in [-0.05, 0) is 42.7 Å². The van der Waals surface area contributed by atoms with Crippen LogP contribution in [0.5, 0.6) is 0 Å². The van der Waals surface area contributed by atoms with Crippen molar-refractivity contribution in [1.29, 1.82) is 5.26 Å². The van der Waals surface area contributed by atoms with Crippen LogP contribution in [0.25, 0.3) is 0 Å². The molecule has 5 nitrogen and oxygen atoms in total. The zero-order chi connectivity index (χ0) is 17.4. The number of hydrogen-bond acceptors (Lipinski definition) is 4. The predicted molar refractivity (Wildman–Crippen MR) is 89.3 cm³/mol. The van der Waals surface area contributed by atoms with Crippen molar-refractivity contribution in [1.82, 2.24) is 5.32 Å². The monoisotopic (exact) mass is 322 g/mol. The summed E-state index contributed by atoms with van der Waals surface area (Å²) in [6.07, 6.45) is 0.719. The van der Waals surface area contributed by atoms with Crippen LogP contribution in [-0.4, -0.2) is 25.0 Å². The number of amides is 1. The van der Waals surface area contributed by atoms with Gasteiger partial charge in [-0.25, -0.2) is 4.79 Å². The van der Waals surface area contributed by atoms with Gasteiger partial charge in [0.05, 0.1) is 17.2 Å². The van der Waals surface area contributed by atoms with Crippen molar-refractivity contribution in [3.05, 3.63) is 70.8 Å². The number of nitrogens with zero attached hydrogens (tertiary/aromatic N) is 1. The molecule has 0 aliphatic carbocycles. The van der Waals surface area contributed by atoms with Crippen molar-refractivity contribution in [3.8, 4) is 6.07 Å². The molecule has 0 unspecified atom stereocenters. The van der Waals surface area contributed by atoms with E-state index in [0.717, 1.165) is 6.42 Å². The van der Waals surface area contributed by atoms with Crippen LogP contribution in [0.3, 0.4) is 0 Å². The van der Waals surface area contributed by atoms with Crippen LogP contribution >= 0.6 is 0 Å². The van der Waals surface area contributed by atoms with E-state index < -0.39 is 5.97 Å². The molecule has 5 heteroatoms. The Morgan fingerprint density at radius 3 is 2.71 bits per heavy atom. The smallest absolute Gasteiger partial charge is 0.338 e. The molecule has 2 aromatic carbocycles. The van der Waals surface area contributed by atoms with E-state index in [1.54, 1.807) is 18.2 Å². The highest BCUT2D eigenvalue weighted by Crippen LogP contribution is 2.07. The lowest BCUT2D eigenvalue weighted by Crippen LogP contribution is -2.30. The molecule has 122 valence electrons. The molecule has 24 heavy (non-hydrogen) atoms. The molecule has 0 saturated carbocycles.